The molecule has 1 heterocycles. The lowest BCUT2D eigenvalue weighted by atomic mass is 9.84. The lowest BCUT2D eigenvalue weighted by molar-refractivity contribution is -0.137. The summed E-state index contributed by atoms with van der Waals surface area (Å²) in [5, 5.41) is 14.7. The van der Waals surface area contributed by atoms with Crippen molar-refractivity contribution in [1.82, 2.24) is 5.32 Å². The Kier molecular flexibility index (Phi) is 6.94. The second kappa shape index (κ2) is 10.4. The Morgan fingerprint density at radius 3 is 2.81 bits per heavy atom. The molecule has 0 fully saturated rings. The van der Waals surface area contributed by atoms with Crippen molar-refractivity contribution in [2.45, 2.75) is 51.0 Å². The number of amides is 1. The topological polar surface area (TPSA) is 84.9 Å². The minimum Gasteiger partial charge on any atom is -0.493 e. The molecule has 2 atom stereocenters. The Hall–Kier alpha value is -3.80. The zero-order valence-electron chi connectivity index (χ0n) is 20.5. The Morgan fingerprint density at radius 1 is 1.14 bits per heavy atom. The third kappa shape index (κ3) is 5.38. The van der Waals surface area contributed by atoms with E-state index in [1.165, 1.54) is 0 Å². The maximum atomic E-state index is 12.3. The van der Waals surface area contributed by atoms with Crippen LogP contribution in [0.25, 0.3) is 10.8 Å². The highest BCUT2D eigenvalue weighted by molar-refractivity contribution is 5.85. The van der Waals surface area contributed by atoms with Crippen LogP contribution < -0.4 is 14.8 Å². The number of hydrogen-bond donors (Lipinski definition) is 2. The van der Waals surface area contributed by atoms with E-state index in [4.69, 9.17) is 9.47 Å². The lowest BCUT2D eigenvalue weighted by Crippen LogP contribution is -2.37. The Labute approximate surface area is 210 Å². The summed E-state index contributed by atoms with van der Waals surface area (Å²) in [6.45, 7) is 2.62. The van der Waals surface area contributed by atoms with Gasteiger partial charge >= 0.3 is 5.97 Å². The van der Waals surface area contributed by atoms with E-state index in [0.717, 1.165) is 64.5 Å². The molecule has 1 aliphatic heterocycles. The minimum absolute atomic E-state index is 0.00202. The average molecular weight is 486 g/mol. The van der Waals surface area contributed by atoms with Gasteiger partial charge in [-0.3, -0.25) is 9.59 Å². The zero-order chi connectivity index (χ0) is 25.1. The largest absolute Gasteiger partial charge is 0.493 e. The van der Waals surface area contributed by atoms with Crippen LogP contribution in [0.1, 0.15) is 53.9 Å². The van der Waals surface area contributed by atoms with Crippen LogP contribution in [-0.4, -0.2) is 36.2 Å². The Bertz CT molecular complexity index is 1330. The molecule has 3 aromatic rings. The normalized spacial score (nSPS) is 17.3. The number of hydrogen-bond acceptors (Lipinski definition) is 4. The lowest BCUT2D eigenvalue weighted by Gasteiger charge is -2.20. The molecule has 6 nitrogen and oxygen atoms in total. The molecule has 0 bridgehead atoms. The number of carbonyl (C=O) groups excluding carboxylic acids is 1. The van der Waals surface area contributed by atoms with Crippen LogP contribution in [-0.2, 0) is 16.0 Å². The number of rotatable bonds is 8. The van der Waals surface area contributed by atoms with Crippen molar-refractivity contribution >= 4 is 22.6 Å². The molecule has 3 aromatic carbocycles. The van der Waals surface area contributed by atoms with E-state index in [0.29, 0.717) is 12.4 Å². The van der Waals surface area contributed by atoms with E-state index < -0.39 is 5.97 Å². The van der Waals surface area contributed by atoms with Gasteiger partial charge in [-0.1, -0.05) is 42.5 Å². The second-order valence-electron chi connectivity index (χ2n) is 9.66. The predicted octanol–water partition coefficient (Wildman–Crippen LogP) is 5.29. The highest BCUT2D eigenvalue weighted by Crippen LogP contribution is 2.37. The SMILES string of the molecule is Cc1cc2c(cc1C(CC(=O)O)c1ccc3ccc(OCC(=O)NC4C=CCCC4)cc3c1)CCO2. The van der Waals surface area contributed by atoms with Gasteiger partial charge in [0.15, 0.2) is 6.61 Å². The van der Waals surface area contributed by atoms with Gasteiger partial charge in [-0.25, -0.2) is 0 Å². The number of carboxylic acids is 1. The molecule has 5 rings (SSSR count). The molecule has 0 aromatic heterocycles. The van der Waals surface area contributed by atoms with E-state index in [1.54, 1.807) is 0 Å². The van der Waals surface area contributed by atoms with E-state index in [2.05, 4.69) is 17.5 Å². The average Bonchev–Trinajstić information content (AvgIpc) is 3.33. The Morgan fingerprint density at radius 2 is 2.00 bits per heavy atom. The summed E-state index contributed by atoms with van der Waals surface area (Å²) in [7, 11) is 0. The van der Waals surface area contributed by atoms with Crippen molar-refractivity contribution in [3.8, 4) is 11.5 Å². The molecular weight excluding hydrogens is 454 g/mol. The van der Waals surface area contributed by atoms with Crippen molar-refractivity contribution in [2.24, 2.45) is 0 Å². The van der Waals surface area contributed by atoms with Gasteiger partial charge < -0.3 is 19.9 Å². The molecular formula is C30H31NO5. The second-order valence-corrected chi connectivity index (χ2v) is 9.66. The first-order chi connectivity index (χ1) is 17.5. The predicted molar refractivity (Wildman–Crippen MR) is 139 cm³/mol. The monoisotopic (exact) mass is 485 g/mol. The van der Waals surface area contributed by atoms with Crippen LogP contribution >= 0.6 is 0 Å². The van der Waals surface area contributed by atoms with Gasteiger partial charge in [-0.15, -0.1) is 0 Å². The van der Waals surface area contributed by atoms with E-state index in [9.17, 15) is 14.7 Å². The van der Waals surface area contributed by atoms with E-state index in [-0.39, 0.29) is 30.9 Å². The van der Waals surface area contributed by atoms with Crippen molar-refractivity contribution in [1.29, 1.82) is 0 Å². The van der Waals surface area contributed by atoms with Crippen molar-refractivity contribution < 1.29 is 24.2 Å². The van der Waals surface area contributed by atoms with Gasteiger partial charge in [0.25, 0.3) is 5.91 Å². The van der Waals surface area contributed by atoms with Crippen molar-refractivity contribution in [3.05, 3.63) is 82.9 Å². The third-order valence-electron chi connectivity index (χ3n) is 7.04. The van der Waals surface area contributed by atoms with Crippen LogP contribution in [0.4, 0.5) is 0 Å². The van der Waals surface area contributed by atoms with Crippen LogP contribution in [0.3, 0.4) is 0 Å². The number of carbonyl (C=O) groups is 2. The standard InChI is InChI=1S/C30H31NO5/c1-19-13-28-22(11-12-35-28)16-26(19)27(17-30(33)34)21-8-7-20-9-10-25(15-23(20)14-21)36-18-29(32)31-24-5-3-2-4-6-24/h3,5,7-10,13-16,24,27H,2,4,6,11-12,17-18H2,1H3,(H,31,32)(H,33,34). The molecule has 186 valence electrons. The highest BCUT2D eigenvalue weighted by Gasteiger charge is 2.23. The van der Waals surface area contributed by atoms with E-state index in [1.807, 2.05) is 55.5 Å². The molecule has 1 aliphatic carbocycles. The molecule has 0 spiro atoms. The summed E-state index contributed by atoms with van der Waals surface area (Å²) in [6, 6.07) is 16.0. The summed E-state index contributed by atoms with van der Waals surface area (Å²) < 4.78 is 11.5. The molecule has 2 aliphatic rings. The number of ether oxygens (including phenoxy) is 2. The minimum atomic E-state index is -0.841. The van der Waals surface area contributed by atoms with Crippen LogP contribution in [0, 0.1) is 6.92 Å². The van der Waals surface area contributed by atoms with Crippen molar-refractivity contribution in [3.63, 3.8) is 0 Å². The zero-order valence-corrected chi connectivity index (χ0v) is 20.5. The number of aliphatic carboxylic acids is 1. The molecule has 1 amide bonds. The number of benzene rings is 3. The first-order valence-corrected chi connectivity index (χ1v) is 12.6. The quantitative estimate of drug-likeness (QED) is 0.424. The summed E-state index contributed by atoms with van der Waals surface area (Å²) in [4.78, 5) is 24.2. The maximum Gasteiger partial charge on any atom is 0.304 e. The fraction of sp³-hybridized carbons (Fsp3) is 0.333. The molecule has 0 saturated heterocycles. The van der Waals surface area contributed by atoms with Crippen molar-refractivity contribution in [2.75, 3.05) is 13.2 Å². The van der Waals surface area contributed by atoms with Crippen LogP contribution in [0.15, 0.2) is 60.7 Å². The smallest absolute Gasteiger partial charge is 0.304 e. The fourth-order valence-corrected chi connectivity index (χ4v) is 5.18. The molecule has 0 radical (unpaired) electrons. The van der Waals surface area contributed by atoms with Gasteiger partial charge in [-0.05, 0) is 77.4 Å². The summed E-state index contributed by atoms with van der Waals surface area (Å²) >= 11 is 0. The number of fused-ring (bicyclic) bond motifs is 2. The molecule has 6 heteroatoms. The van der Waals surface area contributed by atoms with Gasteiger partial charge in [0, 0.05) is 18.4 Å². The summed E-state index contributed by atoms with van der Waals surface area (Å²) in [5.41, 5.74) is 4.11. The first-order valence-electron chi connectivity index (χ1n) is 12.6. The number of carboxylic acid groups (broad SMARTS) is 1. The van der Waals surface area contributed by atoms with Gasteiger partial charge in [0.2, 0.25) is 0 Å². The molecule has 2 unspecified atom stereocenters. The highest BCUT2D eigenvalue weighted by atomic mass is 16.5. The van der Waals surface area contributed by atoms with Crippen LogP contribution in [0.5, 0.6) is 11.5 Å². The number of aryl methyl sites for hydroxylation is 1. The van der Waals surface area contributed by atoms with Gasteiger partial charge in [-0.2, -0.15) is 0 Å². The van der Waals surface area contributed by atoms with Gasteiger partial charge in [0.05, 0.1) is 13.0 Å². The summed E-state index contributed by atoms with van der Waals surface area (Å²) in [5.74, 6) is 0.241. The molecule has 36 heavy (non-hydrogen) atoms. The molecule has 0 saturated carbocycles. The molecule has 2 N–H and O–H groups in total. The summed E-state index contributed by atoms with van der Waals surface area (Å²) in [6.07, 6.45) is 8.08. The Balaban J connectivity index is 1.37. The first kappa shape index (κ1) is 23.9. The fourth-order valence-electron chi connectivity index (χ4n) is 5.18. The van der Waals surface area contributed by atoms with Crippen LogP contribution in [0.2, 0.25) is 0 Å². The maximum absolute atomic E-state index is 12.3. The van der Waals surface area contributed by atoms with Gasteiger partial charge in [0.1, 0.15) is 11.5 Å². The number of nitrogens with one attached hydrogen (secondary N) is 1. The van der Waals surface area contributed by atoms with E-state index >= 15 is 0 Å². The number of allylic oxidation sites excluding steroid dienone is 1. The third-order valence-corrected chi connectivity index (χ3v) is 7.04.